The fraction of sp³-hybridized carbons (Fsp3) is 0.600. The number of amides is 1. The van der Waals surface area contributed by atoms with E-state index in [1.54, 1.807) is 24.3 Å². The number of halogens is 1. The molecule has 0 saturated carbocycles. The molecule has 1 atom stereocenters. The number of hydrogen-bond donors (Lipinski definition) is 1. The van der Waals surface area contributed by atoms with E-state index in [4.69, 9.17) is 16.3 Å². The summed E-state index contributed by atoms with van der Waals surface area (Å²) in [5, 5.41) is 3.14. The van der Waals surface area contributed by atoms with Crippen LogP contribution in [0.2, 0.25) is 5.02 Å². The molecular weight excluding hydrogens is 338 g/mol. The Balaban J connectivity index is 2.56. The van der Waals surface area contributed by atoms with E-state index in [2.05, 4.69) is 12.2 Å². The molecule has 5 heteroatoms. The maximum atomic E-state index is 12.4. The molecule has 0 saturated heterocycles. The lowest BCUT2D eigenvalue weighted by molar-refractivity contribution is -0.146. The second kappa shape index (κ2) is 11.9. The van der Waals surface area contributed by atoms with Crippen molar-refractivity contribution in [3.63, 3.8) is 0 Å². The minimum absolute atomic E-state index is 0.258. The predicted molar refractivity (Wildman–Crippen MR) is 102 cm³/mol. The molecule has 25 heavy (non-hydrogen) atoms. The summed E-state index contributed by atoms with van der Waals surface area (Å²) in [4.78, 5) is 24.8. The summed E-state index contributed by atoms with van der Waals surface area (Å²) in [5.41, 5.74) is 0.366. The van der Waals surface area contributed by atoms with Gasteiger partial charge in [0.15, 0.2) is 0 Å². The van der Waals surface area contributed by atoms with Crippen molar-refractivity contribution < 1.29 is 14.3 Å². The molecule has 1 aromatic carbocycles. The Kier molecular flexibility index (Phi) is 10.2. The Morgan fingerprint density at radius 1 is 1.12 bits per heavy atom. The van der Waals surface area contributed by atoms with Crippen LogP contribution in [0.4, 0.5) is 0 Å². The molecule has 0 aliphatic heterocycles. The smallest absolute Gasteiger partial charge is 0.328 e. The van der Waals surface area contributed by atoms with Crippen LogP contribution in [0, 0.1) is 5.92 Å². The van der Waals surface area contributed by atoms with Gasteiger partial charge < -0.3 is 10.1 Å². The van der Waals surface area contributed by atoms with Crippen molar-refractivity contribution in [2.45, 2.75) is 65.3 Å². The van der Waals surface area contributed by atoms with Crippen LogP contribution < -0.4 is 5.32 Å². The molecule has 0 bridgehead atoms. The Labute approximate surface area is 156 Å². The molecule has 1 unspecified atom stereocenters. The Morgan fingerprint density at radius 3 is 2.44 bits per heavy atom. The number of benzene rings is 1. The molecule has 1 aromatic rings. The highest BCUT2D eigenvalue weighted by molar-refractivity contribution is 6.33. The van der Waals surface area contributed by atoms with E-state index in [1.165, 1.54) is 12.8 Å². The van der Waals surface area contributed by atoms with E-state index >= 15 is 0 Å². The van der Waals surface area contributed by atoms with Crippen LogP contribution in [0.25, 0.3) is 0 Å². The topological polar surface area (TPSA) is 55.4 Å². The predicted octanol–water partition coefficient (Wildman–Crippen LogP) is 5.00. The lowest BCUT2D eigenvalue weighted by Gasteiger charge is -2.19. The van der Waals surface area contributed by atoms with Gasteiger partial charge in [0.1, 0.15) is 6.04 Å². The summed E-state index contributed by atoms with van der Waals surface area (Å²) in [6.07, 6.45) is 6.00. The lowest BCUT2D eigenvalue weighted by Crippen LogP contribution is -2.42. The number of ether oxygens (including phenoxy) is 1. The van der Waals surface area contributed by atoms with Crippen LogP contribution in [0.1, 0.15) is 69.7 Å². The van der Waals surface area contributed by atoms with Crippen LogP contribution >= 0.6 is 11.6 Å². The number of esters is 1. The summed E-state index contributed by atoms with van der Waals surface area (Å²) >= 11 is 6.05. The van der Waals surface area contributed by atoms with Crippen molar-refractivity contribution >= 4 is 23.5 Å². The van der Waals surface area contributed by atoms with Gasteiger partial charge in [-0.1, -0.05) is 70.2 Å². The third-order valence-corrected chi connectivity index (χ3v) is 4.24. The zero-order valence-electron chi connectivity index (χ0n) is 15.5. The number of unbranched alkanes of at least 4 members (excludes halogenated alkanes) is 4. The third-order valence-electron chi connectivity index (χ3n) is 3.91. The molecule has 1 amide bonds. The molecule has 0 aliphatic carbocycles. The average molecular weight is 368 g/mol. The van der Waals surface area contributed by atoms with E-state index < -0.39 is 6.04 Å². The maximum absolute atomic E-state index is 12.4. The summed E-state index contributed by atoms with van der Waals surface area (Å²) in [7, 11) is 0. The summed E-state index contributed by atoms with van der Waals surface area (Å²) in [6, 6.07) is 6.15. The van der Waals surface area contributed by atoms with E-state index in [0.29, 0.717) is 23.6 Å². The molecule has 0 spiro atoms. The third kappa shape index (κ3) is 8.39. The van der Waals surface area contributed by atoms with Crippen molar-refractivity contribution in [3.8, 4) is 0 Å². The molecule has 140 valence electrons. The Morgan fingerprint density at radius 2 is 1.80 bits per heavy atom. The van der Waals surface area contributed by atoms with Crippen molar-refractivity contribution in [3.05, 3.63) is 34.9 Å². The van der Waals surface area contributed by atoms with E-state index in [-0.39, 0.29) is 17.8 Å². The monoisotopic (exact) mass is 367 g/mol. The highest BCUT2D eigenvalue weighted by Crippen LogP contribution is 2.16. The fourth-order valence-corrected chi connectivity index (χ4v) is 2.77. The van der Waals surface area contributed by atoms with Gasteiger partial charge in [0, 0.05) is 0 Å². The van der Waals surface area contributed by atoms with Gasteiger partial charge in [-0.3, -0.25) is 4.79 Å². The Bertz CT molecular complexity index is 545. The molecule has 0 heterocycles. The van der Waals surface area contributed by atoms with Gasteiger partial charge >= 0.3 is 5.97 Å². The minimum atomic E-state index is -0.653. The average Bonchev–Trinajstić information content (AvgIpc) is 2.57. The van der Waals surface area contributed by atoms with Crippen molar-refractivity contribution in [1.29, 1.82) is 0 Å². The summed E-state index contributed by atoms with van der Waals surface area (Å²) in [6.45, 7) is 6.58. The maximum Gasteiger partial charge on any atom is 0.328 e. The van der Waals surface area contributed by atoms with Gasteiger partial charge in [-0.25, -0.2) is 4.79 Å². The zero-order valence-corrected chi connectivity index (χ0v) is 16.3. The quantitative estimate of drug-likeness (QED) is 0.442. The number of hydrogen-bond acceptors (Lipinski definition) is 3. The van der Waals surface area contributed by atoms with Crippen LogP contribution in [-0.4, -0.2) is 24.5 Å². The van der Waals surface area contributed by atoms with Gasteiger partial charge in [0.2, 0.25) is 0 Å². The number of rotatable bonds is 11. The largest absolute Gasteiger partial charge is 0.464 e. The van der Waals surface area contributed by atoms with Gasteiger partial charge in [0.25, 0.3) is 5.91 Å². The summed E-state index contributed by atoms with van der Waals surface area (Å²) < 4.78 is 5.37. The standard InChI is InChI=1S/C20H30ClNO3/c1-4-5-6-7-10-13-25-20(24)18(14-15(2)3)22-19(23)16-11-8-9-12-17(16)21/h8-9,11-12,15,18H,4-7,10,13-14H2,1-3H3,(H,22,23). The lowest BCUT2D eigenvalue weighted by atomic mass is 10.0. The van der Waals surface area contributed by atoms with E-state index in [9.17, 15) is 9.59 Å². The molecule has 4 nitrogen and oxygen atoms in total. The fourth-order valence-electron chi connectivity index (χ4n) is 2.55. The highest BCUT2D eigenvalue weighted by Gasteiger charge is 2.24. The van der Waals surface area contributed by atoms with Crippen molar-refractivity contribution in [2.75, 3.05) is 6.61 Å². The highest BCUT2D eigenvalue weighted by atomic mass is 35.5. The normalized spacial score (nSPS) is 12.0. The Hall–Kier alpha value is -1.55. The zero-order chi connectivity index (χ0) is 18.7. The SMILES string of the molecule is CCCCCCCOC(=O)C(CC(C)C)NC(=O)c1ccccc1Cl. The first-order valence-electron chi connectivity index (χ1n) is 9.17. The first-order chi connectivity index (χ1) is 12.0. The van der Waals surface area contributed by atoms with Gasteiger partial charge in [-0.15, -0.1) is 0 Å². The molecular formula is C20H30ClNO3. The van der Waals surface area contributed by atoms with Gasteiger partial charge in [-0.2, -0.15) is 0 Å². The second-order valence-electron chi connectivity index (χ2n) is 6.72. The molecule has 1 N–H and O–H groups in total. The number of carbonyl (C=O) groups is 2. The van der Waals surface area contributed by atoms with E-state index in [0.717, 1.165) is 19.3 Å². The van der Waals surface area contributed by atoms with Crippen molar-refractivity contribution in [2.24, 2.45) is 5.92 Å². The van der Waals surface area contributed by atoms with Crippen LogP contribution in [0.5, 0.6) is 0 Å². The summed E-state index contributed by atoms with van der Waals surface area (Å²) in [5.74, 6) is -0.464. The second-order valence-corrected chi connectivity index (χ2v) is 7.12. The minimum Gasteiger partial charge on any atom is -0.464 e. The molecule has 0 fully saturated rings. The van der Waals surface area contributed by atoms with Crippen LogP contribution in [-0.2, 0) is 9.53 Å². The van der Waals surface area contributed by atoms with Gasteiger partial charge in [-0.05, 0) is 30.9 Å². The van der Waals surface area contributed by atoms with Crippen LogP contribution in [0.3, 0.4) is 0 Å². The van der Waals surface area contributed by atoms with Crippen molar-refractivity contribution in [1.82, 2.24) is 5.32 Å². The molecule has 1 rings (SSSR count). The molecule has 0 radical (unpaired) electrons. The van der Waals surface area contributed by atoms with Gasteiger partial charge in [0.05, 0.1) is 17.2 Å². The molecule has 0 aliphatic rings. The number of carbonyl (C=O) groups excluding carboxylic acids is 2. The number of nitrogens with one attached hydrogen (secondary N) is 1. The molecule has 0 aromatic heterocycles. The first kappa shape index (κ1) is 21.5. The van der Waals surface area contributed by atoms with Crippen LogP contribution in [0.15, 0.2) is 24.3 Å². The first-order valence-corrected chi connectivity index (χ1v) is 9.55. The van der Waals surface area contributed by atoms with E-state index in [1.807, 2.05) is 13.8 Å².